The molecule has 1 aliphatic heterocycles. The lowest BCUT2D eigenvalue weighted by molar-refractivity contribution is -0.149. The van der Waals surface area contributed by atoms with Gasteiger partial charge in [-0.15, -0.1) is 0 Å². The molecular formula is C33H50F3N3O6. The van der Waals surface area contributed by atoms with Crippen LogP contribution in [0.3, 0.4) is 0 Å². The number of anilines is 1. The van der Waals surface area contributed by atoms with Crippen LogP contribution in [0.5, 0.6) is 5.75 Å². The second kappa shape index (κ2) is 17.2. The number of rotatable bonds is 8. The summed E-state index contributed by atoms with van der Waals surface area (Å²) in [5.74, 6) is -1.14. The van der Waals surface area contributed by atoms with E-state index in [4.69, 9.17) is 9.47 Å². The van der Waals surface area contributed by atoms with Gasteiger partial charge in [-0.05, 0) is 64.2 Å². The summed E-state index contributed by atoms with van der Waals surface area (Å²) < 4.78 is 50.6. The summed E-state index contributed by atoms with van der Waals surface area (Å²) >= 11 is 0. The summed E-state index contributed by atoms with van der Waals surface area (Å²) in [7, 11) is 1.46. The van der Waals surface area contributed by atoms with E-state index in [-0.39, 0.29) is 49.1 Å². The van der Waals surface area contributed by atoms with Crippen molar-refractivity contribution in [3.8, 4) is 5.75 Å². The molecule has 1 aromatic rings. The Morgan fingerprint density at radius 3 is 2.47 bits per heavy atom. The highest BCUT2D eigenvalue weighted by Gasteiger charge is 2.33. The van der Waals surface area contributed by atoms with Gasteiger partial charge in [-0.25, -0.2) is 0 Å². The number of ether oxygens (including phenoxy) is 2. The van der Waals surface area contributed by atoms with Gasteiger partial charge in [0.2, 0.25) is 11.8 Å². The molecule has 0 saturated heterocycles. The van der Waals surface area contributed by atoms with E-state index >= 15 is 0 Å². The Labute approximate surface area is 264 Å². The van der Waals surface area contributed by atoms with Crippen LogP contribution in [-0.4, -0.2) is 90.4 Å². The van der Waals surface area contributed by atoms with Gasteiger partial charge in [0.25, 0.3) is 5.91 Å². The molecule has 1 saturated carbocycles. The first-order chi connectivity index (χ1) is 21.3. The molecule has 1 aromatic carbocycles. The number of halogens is 3. The van der Waals surface area contributed by atoms with Gasteiger partial charge in [-0.3, -0.25) is 14.4 Å². The minimum absolute atomic E-state index is 0.0564. The van der Waals surface area contributed by atoms with E-state index in [1.54, 1.807) is 25.1 Å². The van der Waals surface area contributed by atoms with Crippen LogP contribution in [0.15, 0.2) is 18.2 Å². The number of hydrogen-bond acceptors (Lipinski definition) is 6. The molecule has 4 atom stereocenters. The monoisotopic (exact) mass is 641 g/mol. The molecule has 254 valence electrons. The predicted octanol–water partition coefficient (Wildman–Crippen LogP) is 5.80. The second-order valence-corrected chi connectivity index (χ2v) is 12.7. The van der Waals surface area contributed by atoms with Crippen LogP contribution < -0.4 is 10.1 Å². The fourth-order valence-corrected chi connectivity index (χ4v) is 5.88. The number of fused-ring (bicyclic) bond motifs is 1. The maximum atomic E-state index is 14.2. The molecule has 9 nitrogen and oxygen atoms in total. The van der Waals surface area contributed by atoms with E-state index in [0.29, 0.717) is 30.9 Å². The zero-order chi connectivity index (χ0) is 33.1. The molecule has 0 unspecified atom stereocenters. The van der Waals surface area contributed by atoms with E-state index < -0.39 is 43.0 Å². The molecule has 0 aromatic heterocycles. The summed E-state index contributed by atoms with van der Waals surface area (Å²) in [6.45, 7) is 5.75. The normalized spacial score (nSPS) is 23.3. The number of benzene rings is 1. The van der Waals surface area contributed by atoms with Gasteiger partial charge in [-0.1, -0.05) is 26.2 Å². The summed E-state index contributed by atoms with van der Waals surface area (Å²) in [5, 5.41) is 13.1. The third-order valence-corrected chi connectivity index (χ3v) is 8.80. The van der Waals surface area contributed by atoms with Crippen LogP contribution in [-0.2, 0) is 14.3 Å². The van der Waals surface area contributed by atoms with Gasteiger partial charge < -0.3 is 29.7 Å². The third-order valence-electron chi connectivity index (χ3n) is 8.80. The molecule has 1 aliphatic carbocycles. The number of likely N-dealkylation sites (N-methyl/N-ethyl adjacent to an activating group) is 1. The summed E-state index contributed by atoms with van der Waals surface area (Å²) in [5.41, 5.74) is 0.740. The Bertz CT molecular complexity index is 1130. The van der Waals surface area contributed by atoms with Gasteiger partial charge in [0.15, 0.2) is 0 Å². The highest BCUT2D eigenvalue weighted by molar-refractivity contribution is 6.00. The van der Waals surface area contributed by atoms with E-state index in [2.05, 4.69) is 5.32 Å². The number of nitrogens with zero attached hydrogens (tertiary/aromatic N) is 2. The van der Waals surface area contributed by atoms with Crippen molar-refractivity contribution in [1.82, 2.24) is 9.80 Å². The first-order valence-corrected chi connectivity index (χ1v) is 16.2. The van der Waals surface area contributed by atoms with Crippen LogP contribution in [0.1, 0.15) is 95.3 Å². The van der Waals surface area contributed by atoms with Crippen molar-refractivity contribution in [2.24, 2.45) is 11.8 Å². The molecular weight excluding hydrogens is 591 g/mol. The topological polar surface area (TPSA) is 108 Å². The molecule has 45 heavy (non-hydrogen) atoms. The van der Waals surface area contributed by atoms with E-state index in [0.717, 1.165) is 38.5 Å². The second-order valence-electron chi connectivity index (χ2n) is 12.7. The lowest BCUT2D eigenvalue weighted by Crippen LogP contribution is -2.48. The molecule has 3 rings (SSSR count). The lowest BCUT2D eigenvalue weighted by Gasteiger charge is -2.36. The largest absolute Gasteiger partial charge is 0.490 e. The Hall–Kier alpha value is -2.86. The summed E-state index contributed by atoms with van der Waals surface area (Å²) in [6.07, 6.45) is -0.0793. The Kier molecular flexibility index (Phi) is 14.0. The minimum Gasteiger partial charge on any atom is -0.490 e. The van der Waals surface area contributed by atoms with Gasteiger partial charge in [-0.2, -0.15) is 13.2 Å². The van der Waals surface area contributed by atoms with Crippen molar-refractivity contribution < 1.29 is 42.1 Å². The van der Waals surface area contributed by atoms with Crippen molar-refractivity contribution >= 4 is 23.4 Å². The van der Waals surface area contributed by atoms with Crippen LogP contribution >= 0.6 is 0 Å². The average molecular weight is 642 g/mol. The number of aliphatic hydroxyl groups excluding tert-OH is 1. The lowest BCUT2D eigenvalue weighted by atomic mass is 9.88. The minimum atomic E-state index is -4.43. The van der Waals surface area contributed by atoms with Gasteiger partial charge in [0.05, 0.1) is 36.8 Å². The molecule has 1 fully saturated rings. The molecule has 3 amide bonds. The fraction of sp³-hybridized carbons (Fsp3) is 0.727. The van der Waals surface area contributed by atoms with E-state index in [1.807, 2.05) is 13.8 Å². The SMILES string of the molecule is C[C@H]1CCCCO[C@H](CN(C)C(=O)CCC(F)(F)F)[C@@H](C)CN([C@@H](C)CO)C(=O)c2cc(NC(=O)C3CCCCC3)ccc2O1. The molecule has 0 bridgehead atoms. The number of carbonyl (C=O) groups excluding carboxylic acids is 3. The smallest absolute Gasteiger partial charge is 0.389 e. The Morgan fingerprint density at radius 1 is 1.11 bits per heavy atom. The van der Waals surface area contributed by atoms with E-state index in [1.165, 1.54) is 16.8 Å². The van der Waals surface area contributed by atoms with Crippen LogP contribution in [0.25, 0.3) is 0 Å². The van der Waals surface area contributed by atoms with Crippen LogP contribution in [0.4, 0.5) is 18.9 Å². The first-order valence-electron chi connectivity index (χ1n) is 16.2. The van der Waals surface area contributed by atoms with Crippen molar-refractivity contribution in [1.29, 1.82) is 0 Å². The number of alkyl halides is 3. The molecule has 1 heterocycles. The number of amides is 3. The summed E-state index contributed by atoms with van der Waals surface area (Å²) in [6, 6.07) is 4.47. The van der Waals surface area contributed by atoms with Gasteiger partial charge in [0, 0.05) is 50.7 Å². The predicted molar refractivity (Wildman–Crippen MR) is 165 cm³/mol. The number of hydrogen-bond donors (Lipinski definition) is 2. The maximum Gasteiger partial charge on any atom is 0.389 e. The van der Waals surface area contributed by atoms with Crippen LogP contribution in [0, 0.1) is 11.8 Å². The molecule has 0 spiro atoms. The third kappa shape index (κ3) is 11.5. The zero-order valence-electron chi connectivity index (χ0n) is 27.0. The summed E-state index contributed by atoms with van der Waals surface area (Å²) in [4.78, 5) is 42.5. The van der Waals surface area contributed by atoms with Crippen molar-refractivity contribution in [3.63, 3.8) is 0 Å². The highest BCUT2D eigenvalue weighted by atomic mass is 19.4. The quantitative estimate of drug-likeness (QED) is 0.372. The first kappa shape index (κ1) is 36.6. The molecule has 12 heteroatoms. The Balaban J connectivity index is 1.88. The average Bonchev–Trinajstić information content (AvgIpc) is 3.01. The van der Waals surface area contributed by atoms with E-state index in [9.17, 15) is 32.7 Å². The van der Waals surface area contributed by atoms with Gasteiger partial charge in [0.1, 0.15) is 5.75 Å². The maximum absolute atomic E-state index is 14.2. The van der Waals surface area contributed by atoms with Crippen molar-refractivity contribution in [3.05, 3.63) is 23.8 Å². The van der Waals surface area contributed by atoms with Crippen molar-refractivity contribution in [2.75, 3.05) is 38.7 Å². The van der Waals surface area contributed by atoms with Crippen molar-refractivity contribution in [2.45, 2.75) is 109 Å². The highest BCUT2D eigenvalue weighted by Crippen LogP contribution is 2.30. The van der Waals surface area contributed by atoms with Crippen LogP contribution in [0.2, 0.25) is 0 Å². The molecule has 2 N–H and O–H groups in total. The molecule has 0 radical (unpaired) electrons. The fourth-order valence-electron chi connectivity index (χ4n) is 5.88. The molecule has 2 aliphatic rings. The number of aliphatic hydroxyl groups is 1. The standard InChI is InChI=1S/C33H50F3N3O6/c1-22-19-39(23(2)21-40)32(43)27-18-26(37-31(42)25-11-6-5-7-12-25)13-14-28(27)45-24(3)10-8-9-17-44-29(22)20-38(4)30(41)15-16-33(34,35)36/h13-14,18,22-25,29,40H,5-12,15-17,19-21H2,1-4H3,(H,37,42)/t22-,23-,24-,29+/m0/s1. The Morgan fingerprint density at radius 2 is 1.80 bits per heavy atom. The zero-order valence-corrected chi connectivity index (χ0v) is 27.0. The van der Waals surface area contributed by atoms with Gasteiger partial charge >= 0.3 is 6.18 Å². The number of carbonyl (C=O) groups is 3. The number of nitrogens with one attached hydrogen (secondary N) is 1.